The van der Waals surface area contributed by atoms with Gasteiger partial charge in [0.2, 0.25) is 5.91 Å². The molecule has 2 atom stereocenters. The molecule has 2 aromatic rings. The van der Waals surface area contributed by atoms with Crippen LogP contribution in [-0.4, -0.2) is 40.3 Å². The number of nitrogens with zero attached hydrogens (tertiary/aromatic N) is 3. The van der Waals surface area contributed by atoms with Crippen molar-refractivity contribution in [1.29, 1.82) is 0 Å². The van der Waals surface area contributed by atoms with Crippen LogP contribution in [-0.2, 0) is 4.79 Å². The molecule has 2 aliphatic rings. The third-order valence-corrected chi connectivity index (χ3v) is 5.22. The second-order valence-corrected chi connectivity index (χ2v) is 6.75. The van der Waals surface area contributed by atoms with E-state index in [-0.39, 0.29) is 23.9 Å². The lowest BCUT2D eigenvalue weighted by atomic mass is 9.95. The Morgan fingerprint density at radius 2 is 1.88 bits per heavy atom. The molecule has 0 saturated carbocycles. The first kappa shape index (κ1) is 15.8. The summed E-state index contributed by atoms with van der Waals surface area (Å²) in [6, 6.07) is 13.6. The van der Waals surface area contributed by atoms with Gasteiger partial charge in [0.1, 0.15) is 0 Å². The molecule has 1 aromatic heterocycles. The number of para-hydroxylation sites is 1. The number of hydrogen-bond donors (Lipinski definition) is 0. The van der Waals surface area contributed by atoms with E-state index in [9.17, 15) is 9.59 Å². The van der Waals surface area contributed by atoms with Crippen molar-refractivity contribution in [1.82, 2.24) is 9.88 Å². The van der Waals surface area contributed by atoms with E-state index in [1.165, 1.54) is 0 Å². The number of carbonyl (C=O) groups excluding carboxylic acids is 2. The topological polar surface area (TPSA) is 53.5 Å². The Morgan fingerprint density at radius 1 is 1.08 bits per heavy atom. The molecule has 2 amide bonds. The molecule has 0 N–H and O–H groups in total. The predicted octanol–water partition coefficient (Wildman–Crippen LogP) is 2.80. The average molecular weight is 335 g/mol. The Kier molecular flexibility index (Phi) is 3.99. The van der Waals surface area contributed by atoms with E-state index >= 15 is 0 Å². The third-order valence-electron chi connectivity index (χ3n) is 5.22. The van der Waals surface area contributed by atoms with E-state index in [2.05, 4.69) is 4.98 Å². The fourth-order valence-electron chi connectivity index (χ4n) is 4.00. The van der Waals surface area contributed by atoms with Gasteiger partial charge < -0.3 is 9.80 Å². The normalized spacial score (nSPS) is 22.8. The van der Waals surface area contributed by atoms with Crippen LogP contribution in [0.3, 0.4) is 0 Å². The van der Waals surface area contributed by atoms with Crippen molar-refractivity contribution in [3.63, 3.8) is 0 Å². The van der Waals surface area contributed by atoms with Crippen LogP contribution in [0.25, 0.3) is 0 Å². The van der Waals surface area contributed by atoms with Gasteiger partial charge >= 0.3 is 0 Å². The van der Waals surface area contributed by atoms with Crippen molar-refractivity contribution in [2.45, 2.75) is 38.3 Å². The molecule has 5 nitrogen and oxygen atoms in total. The number of likely N-dealkylation sites (tertiary alicyclic amines) is 1. The standard InChI is InChI=1S/C20H21N3O2/c1-14-7-8-15(13-21-14)20(25)22-12-11-18-17(22)9-10-19(24)23(18)16-5-3-2-4-6-16/h2-8,13,17-18H,9-12H2,1H3/t17-,18-/m1/s1. The summed E-state index contributed by atoms with van der Waals surface area (Å²) in [6.07, 6.45) is 3.67. The highest BCUT2D eigenvalue weighted by molar-refractivity contribution is 5.97. The number of carbonyl (C=O) groups is 2. The number of pyridine rings is 1. The van der Waals surface area contributed by atoms with Gasteiger partial charge in [-0.3, -0.25) is 14.6 Å². The number of piperidine rings is 1. The number of anilines is 1. The van der Waals surface area contributed by atoms with Crippen molar-refractivity contribution >= 4 is 17.5 Å². The van der Waals surface area contributed by atoms with Crippen LogP contribution in [0.5, 0.6) is 0 Å². The van der Waals surface area contributed by atoms with E-state index in [1.807, 2.05) is 59.2 Å². The van der Waals surface area contributed by atoms with Crippen molar-refractivity contribution in [3.05, 3.63) is 59.9 Å². The van der Waals surface area contributed by atoms with Gasteiger partial charge in [-0.05, 0) is 44.0 Å². The maximum absolute atomic E-state index is 12.9. The van der Waals surface area contributed by atoms with Gasteiger partial charge in [0.05, 0.1) is 17.6 Å². The monoisotopic (exact) mass is 335 g/mol. The second kappa shape index (κ2) is 6.31. The summed E-state index contributed by atoms with van der Waals surface area (Å²) in [5, 5.41) is 0. The number of aryl methyl sites for hydroxylation is 1. The van der Waals surface area contributed by atoms with Gasteiger partial charge in [0.25, 0.3) is 5.91 Å². The zero-order valence-corrected chi connectivity index (χ0v) is 14.3. The highest BCUT2D eigenvalue weighted by Gasteiger charge is 2.45. The fourth-order valence-corrected chi connectivity index (χ4v) is 4.00. The maximum Gasteiger partial charge on any atom is 0.255 e. The molecule has 3 heterocycles. The number of hydrogen-bond acceptors (Lipinski definition) is 3. The minimum Gasteiger partial charge on any atom is -0.333 e. The molecule has 4 rings (SSSR count). The van der Waals surface area contributed by atoms with Gasteiger partial charge in [-0.2, -0.15) is 0 Å². The molecule has 2 aliphatic heterocycles. The number of rotatable bonds is 2. The number of amides is 2. The molecule has 0 radical (unpaired) electrons. The van der Waals surface area contributed by atoms with Gasteiger partial charge in [-0.25, -0.2) is 0 Å². The summed E-state index contributed by atoms with van der Waals surface area (Å²) in [5.41, 5.74) is 2.44. The Morgan fingerprint density at radius 3 is 2.60 bits per heavy atom. The van der Waals surface area contributed by atoms with E-state index in [4.69, 9.17) is 0 Å². The first-order valence-electron chi connectivity index (χ1n) is 8.76. The minimum absolute atomic E-state index is 0.0161. The van der Waals surface area contributed by atoms with Crippen LogP contribution in [0.1, 0.15) is 35.3 Å². The molecule has 25 heavy (non-hydrogen) atoms. The zero-order chi connectivity index (χ0) is 17.4. The van der Waals surface area contributed by atoms with E-state index in [0.29, 0.717) is 18.5 Å². The summed E-state index contributed by atoms with van der Waals surface area (Å²) in [4.78, 5) is 33.5. The molecule has 128 valence electrons. The highest BCUT2D eigenvalue weighted by atomic mass is 16.2. The van der Waals surface area contributed by atoms with Gasteiger partial charge in [0, 0.05) is 30.5 Å². The average Bonchev–Trinajstić information content (AvgIpc) is 3.06. The SMILES string of the molecule is Cc1ccc(C(=O)N2CC[C@@H]3[C@H]2CCC(=O)N3c2ccccc2)cn1. The molecular weight excluding hydrogens is 314 g/mol. The largest absolute Gasteiger partial charge is 0.333 e. The van der Waals surface area contributed by atoms with Crippen molar-refractivity contribution < 1.29 is 9.59 Å². The van der Waals surface area contributed by atoms with E-state index < -0.39 is 0 Å². The lowest BCUT2D eigenvalue weighted by Gasteiger charge is -2.39. The predicted molar refractivity (Wildman–Crippen MR) is 95.4 cm³/mol. The Hall–Kier alpha value is -2.69. The van der Waals surface area contributed by atoms with Crippen LogP contribution in [0.4, 0.5) is 5.69 Å². The highest BCUT2D eigenvalue weighted by Crippen LogP contribution is 2.35. The van der Waals surface area contributed by atoms with Crippen LogP contribution >= 0.6 is 0 Å². The van der Waals surface area contributed by atoms with E-state index in [0.717, 1.165) is 24.2 Å². The first-order chi connectivity index (χ1) is 12.1. The van der Waals surface area contributed by atoms with Crippen LogP contribution in [0.2, 0.25) is 0 Å². The van der Waals surface area contributed by atoms with Gasteiger partial charge in [0.15, 0.2) is 0 Å². The molecule has 0 unspecified atom stereocenters. The lowest BCUT2D eigenvalue weighted by Crippen LogP contribution is -2.53. The number of benzene rings is 1. The molecule has 0 bridgehead atoms. The summed E-state index contributed by atoms with van der Waals surface area (Å²) in [6.45, 7) is 2.59. The van der Waals surface area contributed by atoms with Gasteiger partial charge in [-0.1, -0.05) is 18.2 Å². The Balaban J connectivity index is 1.60. The van der Waals surface area contributed by atoms with Crippen LogP contribution in [0.15, 0.2) is 48.7 Å². The van der Waals surface area contributed by atoms with Crippen molar-refractivity contribution in [2.75, 3.05) is 11.4 Å². The molecule has 2 fully saturated rings. The maximum atomic E-state index is 12.9. The summed E-state index contributed by atoms with van der Waals surface area (Å²) in [7, 11) is 0. The molecular formula is C20H21N3O2. The van der Waals surface area contributed by atoms with Crippen LogP contribution in [0, 0.1) is 6.92 Å². The molecule has 2 saturated heterocycles. The van der Waals surface area contributed by atoms with E-state index in [1.54, 1.807) is 6.20 Å². The Bertz CT molecular complexity index is 788. The minimum atomic E-state index is 0.0161. The first-order valence-corrected chi connectivity index (χ1v) is 8.76. The van der Waals surface area contributed by atoms with Gasteiger partial charge in [-0.15, -0.1) is 0 Å². The summed E-state index contributed by atoms with van der Waals surface area (Å²) in [5.74, 6) is 0.168. The molecule has 1 aromatic carbocycles. The summed E-state index contributed by atoms with van der Waals surface area (Å²) < 4.78 is 0. The quantitative estimate of drug-likeness (QED) is 0.848. The second-order valence-electron chi connectivity index (χ2n) is 6.75. The number of aromatic nitrogens is 1. The van der Waals surface area contributed by atoms with Crippen molar-refractivity contribution in [2.24, 2.45) is 0 Å². The fraction of sp³-hybridized carbons (Fsp3) is 0.350. The van der Waals surface area contributed by atoms with Crippen molar-refractivity contribution in [3.8, 4) is 0 Å². The molecule has 0 spiro atoms. The zero-order valence-electron chi connectivity index (χ0n) is 14.3. The lowest BCUT2D eigenvalue weighted by molar-refractivity contribution is -0.120. The summed E-state index contributed by atoms with van der Waals surface area (Å²) >= 11 is 0. The van der Waals surface area contributed by atoms with Crippen LogP contribution < -0.4 is 4.90 Å². The molecule has 5 heteroatoms. The smallest absolute Gasteiger partial charge is 0.255 e. The molecule has 0 aliphatic carbocycles. The Labute approximate surface area is 147 Å². The number of fused-ring (bicyclic) bond motifs is 1. The third kappa shape index (κ3) is 2.80.